The summed E-state index contributed by atoms with van der Waals surface area (Å²) in [7, 11) is 4.11. The molecule has 1 saturated heterocycles. The van der Waals surface area contributed by atoms with E-state index in [0.717, 1.165) is 43.8 Å². The van der Waals surface area contributed by atoms with Gasteiger partial charge in [-0.2, -0.15) is 0 Å². The molecule has 1 aromatic rings. The van der Waals surface area contributed by atoms with Gasteiger partial charge in [0.25, 0.3) is 0 Å². The Labute approximate surface area is 139 Å². The Kier molecular flexibility index (Phi) is 6.86. The van der Waals surface area contributed by atoms with Crippen LogP contribution in [0.25, 0.3) is 0 Å². The Morgan fingerprint density at radius 1 is 1.43 bits per heavy atom. The van der Waals surface area contributed by atoms with Gasteiger partial charge in [-0.3, -0.25) is 4.79 Å². The van der Waals surface area contributed by atoms with Crippen molar-refractivity contribution in [2.45, 2.75) is 32.2 Å². The van der Waals surface area contributed by atoms with Crippen molar-refractivity contribution < 1.29 is 9.53 Å². The molecule has 23 heavy (non-hydrogen) atoms. The number of nitrogens with one attached hydrogen (secondary N) is 2. The lowest BCUT2D eigenvalue weighted by atomic mass is 9.92. The van der Waals surface area contributed by atoms with Crippen LogP contribution >= 0.6 is 0 Å². The van der Waals surface area contributed by atoms with Crippen molar-refractivity contribution >= 4 is 11.6 Å². The normalized spacial score (nSPS) is 21.2. The number of hydrogen-bond acceptors (Lipinski definition) is 4. The fourth-order valence-corrected chi connectivity index (χ4v) is 2.85. The third kappa shape index (κ3) is 6.20. The van der Waals surface area contributed by atoms with Crippen LogP contribution in [0.5, 0.6) is 5.75 Å². The zero-order chi connectivity index (χ0) is 16.7. The second kappa shape index (κ2) is 8.89. The number of benzene rings is 1. The summed E-state index contributed by atoms with van der Waals surface area (Å²) in [4.78, 5) is 14.5. The predicted octanol–water partition coefficient (Wildman–Crippen LogP) is 2.34. The van der Waals surface area contributed by atoms with Gasteiger partial charge in [0.2, 0.25) is 5.91 Å². The number of ether oxygens (including phenoxy) is 1. The van der Waals surface area contributed by atoms with Crippen LogP contribution in [0.2, 0.25) is 0 Å². The molecule has 0 saturated carbocycles. The summed E-state index contributed by atoms with van der Waals surface area (Å²) in [5, 5.41) is 6.40. The van der Waals surface area contributed by atoms with Crippen molar-refractivity contribution in [3.63, 3.8) is 0 Å². The number of carbonyl (C=O) groups is 1. The molecule has 0 spiro atoms. The number of piperidine rings is 1. The van der Waals surface area contributed by atoms with Gasteiger partial charge in [0.15, 0.2) is 0 Å². The summed E-state index contributed by atoms with van der Waals surface area (Å²) < 4.78 is 5.75. The number of rotatable bonds is 7. The average molecular weight is 319 g/mol. The van der Waals surface area contributed by atoms with E-state index in [-0.39, 0.29) is 11.8 Å². The molecule has 0 radical (unpaired) electrons. The second-order valence-corrected chi connectivity index (χ2v) is 6.60. The summed E-state index contributed by atoms with van der Waals surface area (Å²) in [6, 6.07) is 8.07. The molecule has 2 atom stereocenters. The van der Waals surface area contributed by atoms with Crippen LogP contribution in [0.4, 0.5) is 5.69 Å². The van der Waals surface area contributed by atoms with Gasteiger partial charge in [0, 0.05) is 30.3 Å². The standard InChI is InChI=1S/C18H29N3O2/c1-14-12-15(8-9-19-14)18(22)20-16-6-4-7-17(13-16)23-11-5-10-21(2)3/h4,6-7,13-15,19H,5,8-12H2,1-3H3,(H,20,22)/t14-,15-/m0/s1. The molecule has 1 heterocycles. The highest BCUT2D eigenvalue weighted by molar-refractivity contribution is 5.92. The highest BCUT2D eigenvalue weighted by Gasteiger charge is 2.24. The summed E-state index contributed by atoms with van der Waals surface area (Å²) in [6.45, 7) is 4.72. The molecule has 2 rings (SSSR count). The van der Waals surface area contributed by atoms with Gasteiger partial charge in [0.05, 0.1) is 6.61 Å². The lowest BCUT2D eigenvalue weighted by molar-refractivity contribution is -0.120. The third-order valence-electron chi connectivity index (χ3n) is 4.11. The number of amides is 1. The Bertz CT molecular complexity index is 505. The van der Waals surface area contributed by atoms with Gasteiger partial charge in [-0.15, -0.1) is 0 Å². The van der Waals surface area contributed by atoms with Crippen LogP contribution in [0.15, 0.2) is 24.3 Å². The van der Waals surface area contributed by atoms with Crippen molar-refractivity contribution in [1.82, 2.24) is 10.2 Å². The fraction of sp³-hybridized carbons (Fsp3) is 0.611. The first-order valence-electron chi connectivity index (χ1n) is 8.46. The van der Waals surface area contributed by atoms with Gasteiger partial charge in [-0.25, -0.2) is 0 Å². The van der Waals surface area contributed by atoms with E-state index in [4.69, 9.17) is 4.74 Å². The number of nitrogens with zero attached hydrogens (tertiary/aromatic N) is 1. The van der Waals surface area contributed by atoms with E-state index < -0.39 is 0 Å². The minimum absolute atomic E-state index is 0.0934. The summed E-state index contributed by atoms with van der Waals surface area (Å²) >= 11 is 0. The predicted molar refractivity (Wildman–Crippen MR) is 93.9 cm³/mol. The SMILES string of the molecule is C[C@H]1C[C@@H](C(=O)Nc2cccc(OCCCN(C)C)c2)CCN1. The first-order valence-corrected chi connectivity index (χ1v) is 8.46. The molecule has 0 unspecified atom stereocenters. The third-order valence-corrected chi connectivity index (χ3v) is 4.11. The topological polar surface area (TPSA) is 53.6 Å². The van der Waals surface area contributed by atoms with Gasteiger partial charge >= 0.3 is 0 Å². The molecular formula is C18H29N3O2. The quantitative estimate of drug-likeness (QED) is 0.758. The number of anilines is 1. The maximum atomic E-state index is 12.4. The molecule has 1 aliphatic heterocycles. The first-order chi connectivity index (χ1) is 11.0. The molecular weight excluding hydrogens is 290 g/mol. The van der Waals surface area contributed by atoms with E-state index in [2.05, 4.69) is 36.6 Å². The lowest BCUT2D eigenvalue weighted by Gasteiger charge is -2.27. The van der Waals surface area contributed by atoms with Gasteiger partial charge < -0.3 is 20.3 Å². The van der Waals surface area contributed by atoms with Crippen LogP contribution in [-0.4, -0.2) is 50.6 Å². The maximum absolute atomic E-state index is 12.4. The maximum Gasteiger partial charge on any atom is 0.227 e. The van der Waals surface area contributed by atoms with Crippen molar-refractivity contribution in [3.05, 3.63) is 24.3 Å². The van der Waals surface area contributed by atoms with Crippen molar-refractivity contribution in [2.24, 2.45) is 5.92 Å². The van der Waals surface area contributed by atoms with Crippen LogP contribution in [0.3, 0.4) is 0 Å². The van der Waals surface area contributed by atoms with E-state index in [1.54, 1.807) is 0 Å². The van der Waals surface area contributed by atoms with E-state index in [1.165, 1.54) is 0 Å². The summed E-state index contributed by atoms with van der Waals surface area (Å²) in [5.41, 5.74) is 0.811. The zero-order valence-corrected chi connectivity index (χ0v) is 14.5. The Morgan fingerprint density at radius 2 is 2.26 bits per heavy atom. The number of hydrogen-bond donors (Lipinski definition) is 2. The highest BCUT2D eigenvalue weighted by atomic mass is 16.5. The molecule has 1 amide bonds. The zero-order valence-electron chi connectivity index (χ0n) is 14.5. The van der Waals surface area contributed by atoms with Crippen molar-refractivity contribution in [3.8, 4) is 5.75 Å². The Morgan fingerprint density at radius 3 is 3.00 bits per heavy atom. The molecule has 1 aliphatic rings. The largest absolute Gasteiger partial charge is 0.493 e. The smallest absolute Gasteiger partial charge is 0.227 e. The van der Waals surface area contributed by atoms with Gasteiger partial charge in [-0.1, -0.05) is 6.07 Å². The monoisotopic (exact) mass is 319 g/mol. The van der Waals surface area contributed by atoms with E-state index in [1.807, 2.05) is 24.3 Å². The van der Waals surface area contributed by atoms with Crippen LogP contribution < -0.4 is 15.4 Å². The van der Waals surface area contributed by atoms with Crippen molar-refractivity contribution in [1.29, 1.82) is 0 Å². The first kappa shape index (κ1) is 17.8. The molecule has 1 fully saturated rings. The number of carbonyl (C=O) groups excluding carboxylic acids is 1. The van der Waals surface area contributed by atoms with E-state index >= 15 is 0 Å². The van der Waals surface area contributed by atoms with E-state index in [9.17, 15) is 4.79 Å². The Balaban J connectivity index is 1.83. The molecule has 5 heteroatoms. The minimum Gasteiger partial charge on any atom is -0.493 e. The van der Waals surface area contributed by atoms with Gasteiger partial charge in [0.1, 0.15) is 5.75 Å². The molecule has 2 N–H and O–H groups in total. The lowest BCUT2D eigenvalue weighted by Crippen LogP contribution is -2.40. The molecule has 1 aromatic carbocycles. The van der Waals surface area contributed by atoms with Crippen molar-refractivity contribution in [2.75, 3.05) is 39.1 Å². The van der Waals surface area contributed by atoms with E-state index in [0.29, 0.717) is 12.6 Å². The molecule has 0 aromatic heterocycles. The highest BCUT2D eigenvalue weighted by Crippen LogP contribution is 2.21. The molecule has 128 valence electrons. The summed E-state index contributed by atoms with van der Waals surface area (Å²) in [5.74, 6) is 1.01. The van der Waals surface area contributed by atoms with Crippen LogP contribution in [0, 0.1) is 5.92 Å². The van der Waals surface area contributed by atoms with Crippen LogP contribution in [-0.2, 0) is 4.79 Å². The molecule has 5 nitrogen and oxygen atoms in total. The fourth-order valence-electron chi connectivity index (χ4n) is 2.85. The Hall–Kier alpha value is -1.59. The average Bonchev–Trinajstić information content (AvgIpc) is 2.52. The second-order valence-electron chi connectivity index (χ2n) is 6.60. The van der Waals surface area contributed by atoms with Crippen LogP contribution in [0.1, 0.15) is 26.2 Å². The molecule has 0 bridgehead atoms. The van der Waals surface area contributed by atoms with Gasteiger partial charge in [-0.05, 0) is 59.0 Å². The minimum atomic E-state index is 0.0934. The molecule has 0 aliphatic carbocycles. The summed E-state index contributed by atoms with van der Waals surface area (Å²) in [6.07, 6.45) is 2.78.